The van der Waals surface area contributed by atoms with Gasteiger partial charge in [0, 0.05) is 5.56 Å². The van der Waals surface area contributed by atoms with Gasteiger partial charge in [0.05, 0.1) is 11.3 Å². The van der Waals surface area contributed by atoms with Gasteiger partial charge in [0.15, 0.2) is 6.61 Å². The molecule has 2 N–H and O–H groups in total. The molecule has 0 saturated heterocycles. The van der Waals surface area contributed by atoms with Gasteiger partial charge in [-0.05, 0) is 18.2 Å². The van der Waals surface area contributed by atoms with E-state index in [2.05, 4.69) is 4.74 Å². The molecule has 0 unspecified atom stereocenters. The fourth-order valence-corrected chi connectivity index (χ4v) is 1.66. The number of alkyl halides is 2. The molecule has 110 valence electrons. The van der Waals surface area contributed by atoms with Crippen molar-refractivity contribution in [3.8, 4) is 0 Å². The maximum absolute atomic E-state index is 13.8. The van der Waals surface area contributed by atoms with E-state index in [0.717, 1.165) is 6.07 Å². The molecular weight excluding hydrogens is 283 g/mol. The van der Waals surface area contributed by atoms with Crippen LogP contribution in [0.25, 0.3) is 0 Å². The highest BCUT2D eigenvalue weighted by molar-refractivity contribution is 5.89. The van der Waals surface area contributed by atoms with Gasteiger partial charge in [-0.25, -0.2) is 9.18 Å². The molecule has 21 heavy (non-hydrogen) atoms. The van der Waals surface area contributed by atoms with E-state index in [-0.39, 0.29) is 16.8 Å². The summed E-state index contributed by atoms with van der Waals surface area (Å²) in [6.45, 7) is -1.12. The number of ether oxygens (including phenoxy) is 1. The average molecular weight is 295 g/mol. The molecular formula is C15H12F3NO2. The minimum absolute atomic E-state index is 0.138. The lowest BCUT2D eigenvalue weighted by Crippen LogP contribution is -2.23. The van der Waals surface area contributed by atoms with Crippen LogP contribution >= 0.6 is 0 Å². The van der Waals surface area contributed by atoms with Crippen LogP contribution in [0.1, 0.15) is 15.9 Å². The first-order valence-electron chi connectivity index (χ1n) is 6.05. The van der Waals surface area contributed by atoms with Crippen molar-refractivity contribution in [2.75, 3.05) is 12.3 Å². The zero-order chi connectivity index (χ0) is 15.5. The van der Waals surface area contributed by atoms with Gasteiger partial charge in [-0.15, -0.1) is 0 Å². The van der Waals surface area contributed by atoms with E-state index < -0.39 is 24.3 Å². The van der Waals surface area contributed by atoms with E-state index in [1.807, 2.05) is 0 Å². The number of carbonyl (C=O) groups is 1. The van der Waals surface area contributed by atoms with E-state index in [4.69, 9.17) is 5.73 Å². The van der Waals surface area contributed by atoms with Gasteiger partial charge < -0.3 is 10.5 Å². The SMILES string of the molecule is Nc1ccc(C(=O)OCC(F)(F)c2ccccc2)cc1F. The van der Waals surface area contributed by atoms with Crippen molar-refractivity contribution in [2.45, 2.75) is 5.92 Å². The van der Waals surface area contributed by atoms with Gasteiger partial charge in [0.25, 0.3) is 0 Å². The molecule has 0 spiro atoms. The molecule has 0 bridgehead atoms. The quantitative estimate of drug-likeness (QED) is 0.695. The van der Waals surface area contributed by atoms with Gasteiger partial charge in [0.1, 0.15) is 5.82 Å². The number of anilines is 1. The van der Waals surface area contributed by atoms with Crippen molar-refractivity contribution in [2.24, 2.45) is 0 Å². The number of benzene rings is 2. The lowest BCUT2D eigenvalue weighted by molar-refractivity contribution is -0.0661. The van der Waals surface area contributed by atoms with Gasteiger partial charge in [0.2, 0.25) is 0 Å². The molecule has 6 heteroatoms. The third-order valence-corrected chi connectivity index (χ3v) is 2.82. The molecule has 0 aromatic heterocycles. The van der Waals surface area contributed by atoms with E-state index in [1.54, 1.807) is 6.07 Å². The number of nitrogen functional groups attached to an aromatic ring is 1. The van der Waals surface area contributed by atoms with Crippen molar-refractivity contribution in [1.82, 2.24) is 0 Å². The summed E-state index contributed by atoms with van der Waals surface area (Å²) in [5, 5.41) is 0. The molecule has 0 saturated carbocycles. The lowest BCUT2D eigenvalue weighted by Gasteiger charge is -2.16. The Bertz CT molecular complexity index is 645. The number of nitrogens with two attached hydrogens (primary N) is 1. The zero-order valence-corrected chi connectivity index (χ0v) is 10.9. The van der Waals surface area contributed by atoms with Gasteiger partial charge in [-0.3, -0.25) is 0 Å². The van der Waals surface area contributed by atoms with Crippen molar-refractivity contribution >= 4 is 11.7 Å². The van der Waals surface area contributed by atoms with Crippen LogP contribution in [0.15, 0.2) is 48.5 Å². The molecule has 0 atom stereocenters. The minimum Gasteiger partial charge on any atom is -0.455 e. The highest BCUT2D eigenvalue weighted by atomic mass is 19.3. The Morgan fingerprint density at radius 3 is 2.43 bits per heavy atom. The Labute approximate surface area is 119 Å². The number of esters is 1. The Morgan fingerprint density at radius 1 is 1.14 bits per heavy atom. The molecule has 0 aliphatic carbocycles. The molecule has 0 heterocycles. The number of halogens is 3. The first-order chi connectivity index (χ1) is 9.90. The van der Waals surface area contributed by atoms with Crippen molar-refractivity contribution < 1.29 is 22.7 Å². The number of hydrogen-bond donors (Lipinski definition) is 1. The van der Waals surface area contributed by atoms with Crippen LogP contribution in [0.2, 0.25) is 0 Å². The number of rotatable bonds is 4. The number of carbonyl (C=O) groups excluding carboxylic acids is 1. The summed E-state index contributed by atoms with van der Waals surface area (Å²) in [4.78, 5) is 11.6. The summed E-state index contributed by atoms with van der Waals surface area (Å²) in [6, 6.07) is 10.2. The van der Waals surface area contributed by atoms with E-state index in [0.29, 0.717) is 0 Å². The third-order valence-electron chi connectivity index (χ3n) is 2.82. The number of hydrogen-bond acceptors (Lipinski definition) is 3. The lowest BCUT2D eigenvalue weighted by atomic mass is 10.1. The fourth-order valence-electron chi connectivity index (χ4n) is 1.66. The smallest absolute Gasteiger partial charge is 0.338 e. The highest BCUT2D eigenvalue weighted by Crippen LogP contribution is 2.28. The molecule has 3 nitrogen and oxygen atoms in total. The van der Waals surface area contributed by atoms with Crippen LogP contribution in [0.5, 0.6) is 0 Å². The van der Waals surface area contributed by atoms with Gasteiger partial charge >= 0.3 is 11.9 Å². The summed E-state index contributed by atoms with van der Waals surface area (Å²) in [5.74, 6) is -5.16. The summed E-state index contributed by atoms with van der Waals surface area (Å²) in [5.41, 5.74) is 4.69. The largest absolute Gasteiger partial charge is 0.455 e. The molecule has 0 amide bonds. The van der Waals surface area contributed by atoms with Gasteiger partial charge in [-0.1, -0.05) is 30.3 Å². The second-order valence-electron chi connectivity index (χ2n) is 4.38. The van der Waals surface area contributed by atoms with Crippen LogP contribution in [0.4, 0.5) is 18.9 Å². The molecule has 0 radical (unpaired) electrons. The fraction of sp³-hybridized carbons (Fsp3) is 0.133. The molecule has 0 fully saturated rings. The Balaban J connectivity index is 2.05. The van der Waals surface area contributed by atoms with Crippen LogP contribution < -0.4 is 5.73 Å². The minimum atomic E-state index is -3.32. The van der Waals surface area contributed by atoms with Crippen molar-refractivity contribution in [3.05, 3.63) is 65.5 Å². The Hall–Kier alpha value is -2.50. The van der Waals surface area contributed by atoms with Crippen LogP contribution in [0, 0.1) is 5.82 Å². The standard InChI is InChI=1S/C15H12F3NO2/c16-12-8-10(6-7-13(12)19)14(20)21-9-15(17,18)11-4-2-1-3-5-11/h1-8H,9,19H2. The second kappa shape index (κ2) is 5.87. The maximum atomic E-state index is 13.8. The van der Waals surface area contributed by atoms with Crippen LogP contribution in [-0.4, -0.2) is 12.6 Å². The summed E-state index contributed by atoms with van der Waals surface area (Å²) >= 11 is 0. The summed E-state index contributed by atoms with van der Waals surface area (Å²) < 4.78 is 45.4. The van der Waals surface area contributed by atoms with Crippen LogP contribution in [-0.2, 0) is 10.7 Å². The van der Waals surface area contributed by atoms with Crippen LogP contribution in [0.3, 0.4) is 0 Å². The predicted molar refractivity (Wildman–Crippen MR) is 71.4 cm³/mol. The molecule has 2 aromatic rings. The Morgan fingerprint density at radius 2 is 1.81 bits per heavy atom. The molecule has 0 aliphatic rings. The summed E-state index contributed by atoms with van der Waals surface area (Å²) in [7, 11) is 0. The molecule has 2 rings (SSSR count). The van der Waals surface area contributed by atoms with E-state index >= 15 is 0 Å². The van der Waals surface area contributed by atoms with E-state index in [9.17, 15) is 18.0 Å². The van der Waals surface area contributed by atoms with Gasteiger partial charge in [-0.2, -0.15) is 8.78 Å². The Kier molecular flexibility index (Phi) is 4.16. The first-order valence-corrected chi connectivity index (χ1v) is 6.05. The predicted octanol–water partition coefficient (Wildman–Crippen LogP) is 3.36. The second-order valence-corrected chi connectivity index (χ2v) is 4.38. The average Bonchev–Trinajstić information content (AvgIpc) is 2.48. The molecule has 2 aromatic carbocycles. The highest BCUT2D eigenvalue weighted by Gasteiger charge is 2.33. The van der Waals surface area contributed by atoms with Crippen molar-refractivity contribution in [3.63, 3.8) is 0 Å². The zero-order valence-electron chi connectivity index (χ0n) is 10.9. The topological polar surface area (TPSA) is 52.3 Å². The normalized spacial score (nSPS) is 11.2. The van der Waals surface area contributed by atoms with E-state index in [1.165, 1.54) is 36.4 Å². The first kappa shape index (κ1) is 14.9. The summed E-state index contributed by atoms with van der Waals surface area (Å²) in [6.07, 6.45) is 0. The third kappa shape index (κ3) is 3.53. The molecule has 0 aliphatic heterocycles. The monoisotopic (exact) mass is 295 g/mol. The maximum Gasteiger partial charge on any atom is 0.338 e. The van der Waals surface area contributed by atoms with Crippen molar-refractivity contribution in [1.29, 1.82) is 0 Å².